The smallest absolute Gasteiger partial charge is 0.389 e. The zero-order valence-corrected chi connectivity index (χ0v) is 13.5. The number of para-hydroxylation sites is 1. The van der Waals surface area contributed by atoms with E-state index in [1.165, 1.54) is 4.90 Å². The molecule has 0 spiro atoms. The molecule has 1 fully saturated rings. The van der Waals surface area contributed by atoms with Crippen molar-refractivity contribution in [1.82, 2.24) is 9.88 Å². The fraction of sp³-hybridized carbons (Fsp3) is 0.444. The predicted molar refractivity (Wildman–Crippen MR) is 86.8 cm³/mol. The SMILES string of the molecule is O=C(CCC(F)(F)F)N1C[C@@H](Cc2ccc3ccccc3n2)[C@H](O)C1. The van der Waals surface area contributed by atoms with Crippen LogP contribution in [0.4, 0.5) is 13.2 Å². The summed E-state index contributed by atoms with van der Waals surface area (Å²) in [4.78, 5) is 17.8. The van der Waals surface area contributed by atoms with Crippen molar-refractivity contribution >= 4 is 16.8 Å². The Hall–Kier alpha value is -2.15. The van der Waals surface area contributed by atoms with E-state index in [4.69, 9.17) is 0 Å². The van der Waals surface area contributed by atoms with Crippen LogP contribution in [0.15, 0.2) is 36.4 Å². The van der Waals surface area contributed by atoms with E-state index in [1.54, 1.807) is 0 Å². The molecule has 7 heteroatoms. The van der Waals surface area contributed by atoms with Gasteiger partial charge in [-0.15, -0.1) is 0 Å². The number of hydrogen-bond donors (Lipinski definition) is 1. The summed E-state index contributed by atoms with van der Waals surface area (Å²) in [7, 11) is 0. The predicted octanol–water partition coefficient (Wildman–Crippen LogP) is 2.94. The highest BCUT2D eigenvalue weighted by Crippen LogP contribution is 2.25. The summed E-state index contributed by atoms with van der Waals surface area (Å²) in [6.07, 6.45) is -6.31. The van der Waals surface area contributed by atoms with Crippen molar-refractivity contribution in [2.45, 2.75) is 31.5 Å². The van der Waals surface area contributed by atoms with E-state index in [0.29, 0.717) is 6.42 Å². The number of aliphatic hydroxyl groups excluding tert-OH is 1. The molecule has 2 atom stereocenters. The molecule has 3 rings (SSSR count). The van der Waals surface area contributed by atoms with Crippen molar-refractivity contribution in [3.8, 4) is 0 Å². The molecule has 1 aromatic heterocycles. The number of rotatable bonds is 4. The average Bonchev–Trinajstić information content (AvgIpc) is 2.93. The number of amides is 1. The highest BCUT2D eigenvalue weighted by atomic mass is 19.4. The third-order valence-electron chi connectivity index (χ3n) is 4.51. The molecule has 1 saturated heterocycles. The van der Waals surface area contributed by atoms with Crippen molar-refractivity contribution in [2.75, 3.05) is 13.1 Å². The Morgan fingerprint density at radius 3 is 2.72 bits per heavy atom. The molecule has 1 aliphatic heterocycles. The van der Waals surface area contributed by atoms with E-state index in [9.17, 15) is 23.1 Å². The standard InChI is InChI=1S/C18H19F3N2O2/c19-18(20,21)8-7-17(25)23-10-13(16(24)11-23)9-14-6-5-12-3-1-2-4-15(12)22-14/h1-6,13,16,24H,7-11H2/t13-,16-/m1/s1. The lowest BCUT2D eigenvalue weighted by molar-refractivity contribution is -0.148. The van der Waals surface area contributed by atoms with Crippen LogP contribution >= 0.6 is 0 Å². The zero-order valence-electron chi connectivity index (χ0n) is 13.5. The zero-order chi connectivity index (χ0) is 18.0. The lowest BCUT2D eigenvalue weighted by Gasteiger charge is -2.16. The first kappa shape index (κ1) is 17.7. The van der Waals surface area contributed by atoms with Crippen LogP contribution in [0, 0.1) is 5.92 Å². The molecule has 1 amide bonds. The molecule has 0 bridgehead atoms. The van der Waals surface area contributed by atoms with Crippen molar-refractivity contribution in [1.29, 1.82) is 0 Å². The minimum Gasteiger partial charge on any atom is -0.391 e. The Morgan fingerprint density at radius 2 is 1.96 bits per heavy atom. The second-order valence-corrected chi connectivity index (χ2v) is 6.44. The van der Waals surface area contributed by atoms with E-state index in [1.807, 2.05) is 36.4 Å². The number of aliphatic hydroxyl groups is 1. The molecular formula is C18H19F3N2O2. The van der Waals surface area contributed by atoms with Gasteiger partial charge in [-0.05, 0) is 18.6 Å². The number of alkyl halides is 3. The Morgan fingerprint density at radius 1 is 1.20 bits per heavy atom. The number of fused-ring (bicyclic) bond motifs is 1. The van der Waals surface area contributed by atoms with Gasteiger partial charge in [0.05, 0.1) is 18.0 Å². The summed E-state index contributed by atoms with van der Waals surface area (Å²) in [5, 5.41) is 11.2. The van der Waals surface area contributed by atoms with Crippen molar-refractivity contribution in [3.63, 3.8) is 0 Å². The third kappa shape index (κ3) is 4.48. The molecule has 2 aromatic rings. The summed E-state index contributed by atoms with van der Waals surface area (Å²) in [5.74, 6) is -0.783. The van der Waals surface area contributed by atoms with Gasteiger partial charge in [-0.2, -0.15) is 13.2 Å². The maximum atomic E-state index is 12.2. The minimum atomic E-state index is -4.34. The van der Waals surface area contributed by atoms with Gasteiger partial charge in [0.1, 0.15) is 0 Å². The molecule has 2 heterocycles. The van der Waals surface area contributed by atoms with Crippen LogP contribution in [0.25, 0.3) is 10.9 Å². The Bertz CT molecular complexity index is 763. The first-order valence-electron chi connectivity index (χ1n) is 8.19. The second kappa shape index (κ2) is 7.00. The molecule has 0 aliphatic carbocycles. The fourth-order valence-electron chi connectivity index (χ4n) is 3.16. The number of pyridine rings is 1. The lowest BCUT2D eigenvalue weighted by atomic mass is 9.99. The lowest BCUT2D eigenvalue weighted by Crippen LogP contribution is -2.30. The van der Waals surface area contributed by atoms with E-state index < -0.39 is 31.0 Å². The van der Waals surface area contributed by atoms with Crippen LogP contribution in [-0.2, 0) is 11.2 Å². The van der Waals surface area contributed by atoms with Crippen molar-refractivity contribution < 1.29 is 23.1 Å². The maximum Gasteiger partial charge on any atom is 0.389 e. The van der Waals surface area contributed by atoms with E-state index in [2.05, 4.69) is 4.98 Å². The molecule has 25 heavy (non-hydrogen) atoms. The summed E-state index contributed by atoms with van der Waals surface area (Å²) in [6, 6.07) is 11.5. The van der Waals surface area contributed by atoms with Gasteiger partial charge in [-0.1, -0.05) is 24.3 Å². The van der Waals surface area contributed by atoms with Gasteiger partial charge < -0.3 is 10.0 Å². The number of hydrogen-bond acceptors (Lipinski definition) is 3. The summed E-state index contributed by atoms with van der Waals surface area (Å²) >= 11 is 0. The average molecular weight is 352 g/mol. The van der Waals surface area contributed by atoms with Gasteiger partial charge in [0, 0.05) is 36.5 Å². The number of benzene rings is 1. The molecule has 1 aromatic carbocycles. The van der Waals surface area contributed by atoms with E-state index in [0.717, 1.165) is 16.6 Å². The van der Waals surface area contributed by atoms with Crippen LogP contribution in [0.2, 0.25) is 0 Å². The number of carbonyl (C=O) groups is 1. The third-order valence-corrected chi connectivity index (χ3v) is 4.51. The van der Waals surface area contributed by atoms with Gasteiger partial charge >= 0.3 is 6.18 Å². The van der Waals surface area contributed by atoms with Crippen LogP contribution in [-0.4, -0.2) is 46.3 Å². The molecule has 134 valence electrons. The minimum absolute atomic E-state index is 0.0783. The first-order chi connectivity index (χ1) is 11.8. The normalized spacial score (nSPS) is 21.0. The van der Waals surface area contributed by atoms with Crippen LogP contribution < -0.4 is 0 Å². The highest BCUT2D eigenvalue weighted by Gasteiger charge is 2.36. The van der Waals surface area contributed by atoms with Gasteiger partial charge in [0.25, 0.3) is 0 Å². The molecule has 1 aliphatic rings. The summed E-state index contributed by atoms with van der Waals surface area (Å²) in [5.41, 5.74) is 1.65. The van der Waals surface area contributed by atoms with Crippen LogP contribution in [0.3, 0.4) is 0 Å². The first-order valence-corrected chi connectivity index (χ1v) is 8.19. The molecule has 4 nitrogen and oxygen atoms in total. The van der Waals surface area contributed by atoms with E-state index >= 15 is 0 Å². The molecular weight excluding hydrogens is 333 g/mol. The Labute approximate surface area is 143 Å². The number of aromatic nitrogens is 1. The second-order valence-electron chi connectivity index (χ2n) is 6.44. The monoisotopic (exact) mass is 352 g/mol. The van der Waals surface area contributed by atoms with Gasteiger partial charge in [0.2, 0.25) is 5.91 Å². The van der Waals surface area contributed by atoms with E-state index in [-0.39, 0.29) is 19.0 Å². The number of halogens is 3. The summed E-state index contributed by atoms with van der Waals surface area (Å²) in [6.45, 7) is 0.335. The van der Waals surface area contributed by atoms with Gasteiger partial charge in [-0.25, -0.2) is 0 Å². The topological polar surface area (TPSA) is 53.4 Å². The number of likely N-dealkylation sites (tertiary alicyclic amines) is 1. The molecule has 0 saturated carbocycles. The molecule has 1 N–H and O–H groups in total. The quantitative estimate of drug-likeness (QED) is 0.921. The summed E-state index contributed by atoms with van der Waals surface area (Å²) < 4.78 is 36.7. The van der Waals surface area contributed by atoms with Crippen LogP contribution in [0.1, 0.15) is 18.5 Å². The number of β-amino-alcohol motifs (C(OH)–C–C–N with tert-alkyl or cyclic N) is 1. The highest BCUT2D eigenvalue weighted by molar-refractivity contribution is 5.78. The molecule has 0 unspecified atom stereocenters. The Kier molecular flexibility index (Phi) is 4.94. The van der Waals surface area contributed by atoms with Gasteiger partial charge in [-0.3, -0.25) is 9.78 Å². The molecule has 0 radical (unpaired) electrons. The number of carbonyl (C=O) groups excluding carboxylic acids is 1. The van der Waals surface area contributed by atoms with Crippen molar-refractivity contribution in [3.05, 3.63) is 42.1 Å². The fourth-order valence-corrected chi connectivity index (χ4v) is 3.16. The van der Waals surface area contributed by atoms with Gasteiger partial charge in [0.15, 0.2) is 0 Å². The largest absolute Gasteiger partial charge is 0.391 e. The maximum absolute atomic E-state index is 12.2. The Balaban J connectivity index is 1.62. The van der Waals surface area contributed by atoms with Crippen LogP contribution in [0.5, 0.6) is 0 Å². The van der Waals surface area contributed by atoms with Crippen molar-refractivity contribution in [2.24, 2.45) is 5.92 Å². The number of nitrogens with zero attached hydrogens (tertiary/aromatic N) is 2.